The highest BCUT2D eigenvalue weighted by Gasteiger charge is 2.46. The van der Waals surface area contributed by atoms with E-state index in [-0.39, 0.29) is 34.2 Å². The van der Waals surface area contributed by atoms with Crippen LogP contribution in [0.15, 0.2) is 59.3 Å². The largest absolute Gasteiger partial charge is 0.508 e. The Bertz CT molecular complexity index is 1130. The van der Waals surface area contributed by atoms with Crippen molar-refractivity contribution in [3.63, 3.8) is 0 Å². The first-order chi connectivity index (χ1) is 16.5. The fraction of sp³-hybridized carbons (Fsp3) is 0.348. The Balaban J connectivity index is 1.71. The molecule has 0 aromatic heterocycles. The molecule has 1 aromatic rings. The highest BCUT2D eigenvalue weighted by molar-refractivity contribution is 5.70. The lowest BCUT2D eigenvalue weighted by Gasteiger charge is -2.40. The Morgan fingerprint density at radius 3 is 2.43 bits per heavy atom. The summed E-state index contributed by atoms with van der Waals surface area (Å²) in [5.74, 6) is -2.23. The van der Waals surface area contributed by atoms with Crippen LogP contribution in [0.2, 0.25) is 0 Å². The van der Waals surface area contributed by atoms with E-state index in [2.05, 4.69) is 0 Å². The summed E-state index contributed by atoms with van der Waals surface area (Å²) in [4.78, 5) is 11.2. The molecule has 0 saturated carbocycles. The zero-order chi connectivity index (χ0) is 25.4. The van der Waals surface area contributed by atoms with E-state index in [1.807, 2.05) is 0 Å². The second kappa shape index (κ2) is 9.50. The van der Waals surface area contributed by atoms with Crippen LogP contribution in [0.1, 0.15) is 12.5 Å². The third kappa shape index (κ3) is 4.91. The number of aliphatic hydroxyl groups excluding tert-OH is 5. The molecular formula is C23H24O12. The molecule has 1 unspecified atom stereocenters. The van der Waals surface area contributed by atoms with E-state index in [0.717, 1.165) is 13.0 Å². The van der Waals surface area contributed by atoms with Crippen LogP contribution in [-0.2, 0) is 23.7 Å². The summed E-state index contributed by atoms with van der Waals surface area (Å²) < 4.78 is 22.1. The Kier molecular flexibility index (Phi) is 6.63. The Hall–Kier alpha value is -3.71. The molecule has 35 heavy (non-hydrogen) atoms. The lowest BCUT2D eigenvalue weighted by Crippen LogP contribution is -2.59. The van der Waals surface area contributed by atoms with E-state index < -0.39 is 60.9 Å². The lowest BCUT2D eigenvalue weighted by molar-refractivity contribution is -0.291. The van der Waals surface area contributed by atoms with E-state index in [4.69, 9.17) is 18.9 Å². The third-order valence-corrected chi connectivity index (χ3v) is 5.56. The van der Waals surface area contributed by atoms with Gasteiger partial charge in [0.1, 0.15) is 48.6 Å². The van der Waals surface area contributed by atoms with Gasteiger partial charge >= 0.3 is 5.97 Å². The molecule has 6 atom stereocenters. The monoisotopic (exact) mass is 492 g/mol. The van der Waals surface area contributed by atoms with Crippen molar-refractivity contribution >= 4 is 11.7 Å². The molecule has 1 aromatic carbocycles. The van der Waals surface area contributed by atoms with Crippen LogP contribution in [0.25, 0.3) is 5.76 Å². The number of ether oxygens (including phenoxy) is 4. The van der Waals surface area contributed by atoms with Crippen LogP contribution in [0, 0.1) is 0 Å². The zero-order valence-corrected chi connectivity index (χ0v) is 18.3. The molecule has 1 fully saturated rings. The number of benzene rings is 1. The molecule has 188 valence electrons. The number of allylic oxidation sites excluding steroid dienone is 2. The van der Waals surface area contributed by atoms with Crippen LogP contribution in [-0.4, -0.2) is 85.1 Å². The molecule has 12 heteroatoms. The molecule has 12 nitrogen and oxygen atoms in total. The first kappa shape index (κ1) is 24.4. The van der Waals surface area contributed by atoms with Gasteiger partial charge in [0.05, 0.1) is 0 Å². The maximum Gasteiger partial charge on any atom is 0.302 e. The summed E-state index contributed by atoms with van der Waals surface area (Å²) in [6, 6.07) is 3.77. The predicted molar refractivity (Wildman–Crippen MR) is 115 cm³/mol. The number of esters is 1. The average molecular weight is 492 g/mol. The summed E-state index contributed by atoms with van der Waals surface area (Å²) in [7, 11) is 0. The van der Waals surface area contributed by atoms with E-state index >= 15 is 0 Å². The van der Waals surface area contributed by atoms with Crippen molar-refractivity contribution in [1.29, 1.82) is 0 Å². The van der Waals surface area contributed by atoms with Gasteiger partial charge in [-0.25, -0.2) is 0 Å². The molecule has 2 aliphatic heterocycles. The smallest absolute Gasteiger partial charge is 0.302 e. The van der Waals surface area contributed by atoms with Gasteiger partial charge in [-0.3, -0.25) is 4.79 Å². The Morgan fingerprint density at radius 2 is 1.74 bits per heavy atom. The first-order valence-corrected chi connectivity index (χ1v) is 10.5. The fourth-order valence-corrected chi connectivity index (χ4v) is 3.75. The third-order valence-electron chi connectivity index (χ3n) is 5.56. The number of hydrogen-bond donors (Lipinski definition) is 7. The maximum atomic E-state index is 11.2. The van der Waals surface area contributed by atoms with E-state index in [1.54, 1.807) is 0 Å². The molecule has 0 bridgehead atoms. The molecule has 1 saturated heterocycles. The van der Waals surface area contributed by atoms with E-state index in [1.165, 1.54) is 30.4 Å². The summed E-state index contributed by atoms with van der Waals surface area (Å²) >= 11 is 0. The van der Waals surface area contributed by atoms with E-state index in [0.29, 0.717) is 0 Å². The quantitative estimate of drug-likeness (QED) is 0.221. The Labute approximate surface area is 198 Å². The second-order valence-electron chi connectivity index (χ2n) is 8.09. The van der Waals surface area contributed by atoms with E-state index in [9.17, 15) is 40.5 Å². The summed E-state index contributed by atoms with van der Waals surface area (Å²) in [5, 5.41) is 70.7. The van der Waals surface area contributed by atoms with Crippen LogP contribution in [0.4, 0.5) is 0 Å². The van der Waals surface area contributed by atoms with Crippen LogP contribution in [0.3, 0.4) is 0 Å². The van der Waals surface area contributed by atoms with Gasteiger partial charge in [0.2, 0.25) is 6.29 Å². The molecule has 0 radical (unpaired) electrons. The number of carbonyl (C=O) groups is 1. The van der Waals surface area contributed by atoms with Crippen molar-refractivity contribution in [1.82, 2.24) is 0 Å². The van der Waals surface area contributed by atoms with Crippen LogP contribution in [0.5, 0.6) is 11.5 Å². The average Bonchev–Trinajstić information content (AvgIpc) is 2.80. The number of rotatable bonds is 5. The zero-order valence-electron chi connectivity index (χ0n) is 18.3. The standard InChI is InChI=1S/C23H24O12/c1-9(24)32-8-18-19(29)20(30)21(31)23(35-18)34-17-7-12-14(27)5-11(25)6-16(12)33-22(17)10-2-3-13(26)15(28)4-10/h2-7,16,18-21,23,25-31H,8H2,1H3/t16?,18-,19-,20+,21-,23-/m1/s1. The molecule has 1 aliphatic carbocycles. The number of hydrogen-bond acceptors (Lipinski definition) is 12. The van der Waals surface area contributed by atoms with Gasteiger partial charge in [-0.2, -0.15) is 0 Å². The van der Waals surface area contributed by atoms with Crippen molar-refractivity contribution in [3.05, 3.63) is 64.8 Å². The number of aliphatic hydroxyl groups is 5. The van der Waals surface area contributed by atoms with Crippen molar-refractivity contribution < 1.29 is 59.5 Å². The Morgan fingerprint density at radius 1 is 1.00 bits per heavy atom. The van der Waals surface area contributed by atoms with Gasteiger partial charge in [0, 0.05) is 30.2 Å². The normalized spacial score (nSPS) is 30.3. The number of carbonyl (C=O) groups excluding carboxylic acids is 1. The minimum Gasteiger partial charge on any atom is -0.508 e. The molecule has 2 heterocycles. The number of aromatic hydroxyl groups is 2. The van der Waals surface area contributed by atoms with Gasteiger partial charge in [-0.1, -0.05) is 0 Å². The fourth-order valence-electron chi connectivity index (χ4n) is 3.75. The van der Waals surface area contributed by atoms with Gasteiger partial charge in [-0.15, -0.1) is 0 Å². The van der Waals surface area contributed by atoms with Gasteiger partial charge < -0.3 is 54.7 Å². The first-order valence-electron chi connectivity index (χ1n) is 10.5. The molecule has 3 aliphatic rings. The summed E-state index contributed by atoms with van der Waals surface area (Å²) in [6.07, 6.45) is -5.07. The number of phenolic OH excluding ortho intramolecular Hbond substituents is 2. The van der Waals surface area contributed by atoms with Crippen molar-refractivity contribution in [3.8, 4) is 11.5 Å². The topological polar surface area (TPSA) is 196 Å². The highest BCUT2D eigenvalue weighted by atomic mass is 16.7. The minimum atomic E-state index is -1.74. The molecular weight excluding hydrogens is 468 g/mol. The highest BCUT2D eigenvalue weighted by Crippen LogP contribution is 2.39. The number of phenols is 2. The van der Waals surface area contributed by atoms with Gasteiger partial charge in [0.15, 0.2) is 23.0 Å². The van der Waals surface area contributed by atoms with Crippen molar-refractivity contribution in [2.24, 2.45) is 0 Å². The van der Waals surface area contributed by atoms with Crippen LogP contribution >= 0.6 is 0 Å². The SMILES string of the molecule is CC(=O)OC[C@H]1O[C@@H](OC2=C(c3ccc(O)c(O)c3)OC3C=C(O)C=C(O)C3=C2)[C@H](O)[C@@H](O)[C@@H]1O. The predicted octanol–water partition coefficient (Wildman–Crippen LogP) is 0.376. The molecule has 0 spiro atoms. The van der Waals surface area contributed by atoms with Gasteiger partial charge in [-0.05, 0) is 24.3 Å². The molecule has 4 rings (SSSR count). The van der Waals surface area contributed by atoms with Crippen molar-refractivity contribution in [2.45, 2.75) is 43.7 Å². The van der Waals surface area contributed by atoms with Crippen LogP contribution < -0.4 is 0 Å². The van der Waals surface area contributed by atoms with Gasteiger partial charge in [0.25, 0.3) is 0 Å². The number of fused-ring (bicyclic) bond motifs is 1. The molecule has 0 amide bonds. The van der Waals surface area contributed by atoms with Crippen molar-refractivity contribution in [2.75, 3.05) is 6.61 Å². The second-order valence-corrected chi connectivity index (χ2v) is 8.09. The minimum absolute atomic E-state index is 0.0271. The summed E-state index contributed by atoms with van der Waals surface area (Å²) in [5.41, 5.74) is 0.404. The molecule has 7 N–H and O–H groups in total. The summed E-state index contributed by atoms with van der Waals surface area (Å²) in [6.45, 7) is 0.724. The lowest BCUT2D eigenvalue weighted by atomic mass is 9.96. The maximum absolute atomic E-state index is 11.2.